The standard InChI is InChI=1S/C6H6O2.H5O7P3/c7-5-2-1-3-6(8)4-5;1-9(2,3)7-10(4,5)6-8/h1-4,7-8H;8H2,(H,4,5)(H2,1,2,3). The molecular weight excluding hydrogens is 309 g/mol. The molecule has 0 aromatic heterocycles. The van der Waals surface area contributed by atoms with Gasteiger partial charge in [0.1, 0.15) is 11.5 Å². The summed E-state index contributed by atoms with van der Waals surface area (Å²) >= 11 is 0. The highest BCUT2D eigenvalue weighted by molar-refractivity contribution is 7.62. The highest BCUT2D eigenvalue weighted by atomic mass is 31.3. The second kappa shape index (κ2) is 7.19. The number of phenolic OH excluding ortho intramolecular Hbond substituents is 2. The number of rotatable bonds is 3. The molecule has 5 N–H and O–H groups in total. The summed E-state index contributed by atoms with van der Waals surface area (Å²) in [5.74, 6) is 0.176. The zero-order valence-electron chi connectivity index (χ0n) is 8.65. The van der Waals surface area contributed by atoms with Crippen LogP contribution in [0.4, 0.5) is 0 Å². The van der Waals surface area contributed by atoms with E-state index in [2.05, 4.69) is 8.62 Å². The Balaban J connectivity index is 0.000000327. The molecule has 0 saturated carbocycles. The molecular formula is C6H11O9P3. The number of benzene rings is 1. The fraction of sp³-hybridized carbons (Fsp3) is 0. The van der Waals surface area contributed by atoms with Crippen molar-refractivity contribution in [1.29, 1.82) is 0 Å². The van der Waals surface area contributed by atoms with Gasteiger partial charge < -0.3 is 24.9 Å². The molecule has 2 atom stereocenters. The highest BCUT2D eigenvalue weighted by Gasteiger charge is 2.30. The van der Waals surface area contributed by atoms with Crippen LogP contribution in [0.25, 0.3) is 0 Å². The lowest BCUT2D eigenvalue weighted by atomic mass is 10.3. The van der Waals surface area contributed by atoms with Crippen LogP contribution < -0.4 is 0 Å². The molecule has 12 heteroatoms. The normalized spacial score (nSPS) is 14.2. The summed E-state index contributed by atoms with van der Waals surface area (Å²) in [6, 6.07) is 5.85. The third-order valence-electron chi connectivity index (χ3n) is 1.17. The van der Waals surface area contributed by atoms with Crippen LogP contribution in [0, 0.1) is 0 Å². The van der Waals surface area contributed by atoms with Gasteiger partial charge in [0.15, 0.2) is 0 Å². The minimum absolute atomic E-state index is 0.0880. The van der Waals surface area contributed by atoms with Gasteiger partial charge in [-0.2, -0.15) is 4.31 Å². The van der Waals surface area contributed by atoms with Crippen LogP contribution in [-0.4, -0.2) is 24.9 Å². The van der Waals surface area contributed by atoms with E-state index in [4.69, 9.17) is 24.9 Å². The summed E-state index contributed by atoms with van der Waals surface area (Å²) < 4.78 is 27.0. The van der Waals surface area contributed by atoms with Crippen LogP contribution in [-0.2, 0) is 17.8 Å². The first-order valence-corrected chi connectivity index (χ1v) is 7.51. The van der Waals surface area contributed by atoms with Crippen molar-refractivity contribution in [3.8, 4) is 11.5 Å². The van der Waals surface area contributed by atoms with Crippen molar-refractivity contribution in [3.05, 3.63) is 24.3 Å². The number of aromatic hydroxyl groups is 2. The van der Waals surface area contributed by atoms with E-state index in [0.717, 1.165) is 0 Å². The Morgan fingerprint density at radius 3 is 1.67 bits per heavy atom. The van der Waals surface area contributed by atoms with Crippen molar-refractivity contribution in [2.45, 2.75) is 0 Å². The van der Waals surface area contributed by atoms with Crippen molar-refractivity contribution < 1.29 is 42.6 Å². The molecule has 0 amide bonds. The van der Waals surface area contributed by atoms with Gasteiger partial charge in [0.2, 0.25) is 0 Å². The van der Waals surface area contributed by atoms with Gasteiger partial charge in [-0.3, -0.25) is 4.31 Å². The molecule has 0 spiro atoms. The van der Waals surface area contributed by atoms with Crippen LogP contribution in [0.1, 0.15) is 0 Å². The summed E-state index contributed by atoms with van der Waals surface area (Å²) in [6.45, 7) is 0. The molecule has 0 heterocycles. The highest BCUT2D eigenvalue weighted by Crippen LogP contribution is 2.58. The summed E-state index contributed by atoms with van der Waals surface area (Å²) in [5, 5.41) is 17.3. The van der Waals surface area contributed by atoms with Crippen molar-refractivity contribution in [1.82, 2.24) is 0 Å². The van der Waals surface area contributed by atoms with Gasteiger partial charge in [-0.05, 0) is 12.1 Å². The van der Waals surface area contributed by atoms with E-state index < -0.39 is 15.6 Å². The number of hydrogen-bond acceptors (Lipinski definition) is 6. The lowest BCUT2D eigenvalue weighted by molar-refractivity contribution is 0.236. The average Bonchev–Trinajstić information content (AvgIpc) is 2.14. The third kappa shape index (κ3) is 9.53. The van der Waals surface area contributed by atoms with E-state index >= 15 is 0 Å². The molecule has 9 nitrogen and oxygen atoms in total. The predicted octanol–water partition coefficient (Wildman–Crippen LogP) is 1.10. The molecule has 0 aliphatic carbocycles. The fourth-order valence-corrected chi connectivity index (χ4v) is 2.22. The molecule has 0 bridgehead atoms. The van der Waals surface area contributed by atoms with Gasteiger partial charge >= 0.3 is 15.6 Å². The maximum Gasteiger partial charge on any atom is 0.483 e. The SMILES string of the molecule is O=P(O)(O)OP(=O)(O)OP.Oc1cccc(O)c1. The molecule has 1 rings (SSSR count). The van der Waals surface area contributed by atoms with Gasteiger partial charge in [-0.1, -0.05) is 6.07 Å². The Morgan fingerprint density at radius 2 is 1.50 bits per heavy atom. The smallest absolute Gasteiger partial charge is 0.483 e. The van der Waals surface area contributed by atoms with Gasteiger partial charge in [0.25, 0.3) is 0 Å². The minimum Gasteiger partial charge on any atom is -0.508 e. The molecule has 0 fully saturated rings. The zero-order valence-corrected chi connectivity index (χ0v) is 11.6. The number of phenols is 2. The molecule has 104 valence electrons. The third-order valence-corrected chi connectivity index (χ3v) is 3.91. The maximum absolute atomic E-state index is 10.2. The van der Waals surface area contributed by atoms with E-state index in [1.165, 1.54) is 27.7 Å². The maximum atomic E-state index is 10.2. The van der Waals surface area contributed by atoms with E-state index in [0.29, 0.717) is 0 Å². The topological polar surface area (TPSA) is 154 Å². The van der Waals surface area contributed by atoms with E-state index in [9.17, 15) is 9.13 Å². The Morgan fingerprint density at radius 1 is 1.06 bits per heavy atom. The molecule has 0 aliphatic rings. The Kier molecular flexibility index (Phi) is 6.99. The first kappa shape index (κ1) is 17.5. The monoisotopic (exact) mass is 320 g/mol. The zero-order chi connectivity index (χ0) is 14.4. The first-order chi connectivity index (χ1) is 8.06. The lowest BCUT2D eigenvalue weighted by Gasteiger charge is -2.07. The predicted molar refractivity (Wildman–Crippen MR) is 63.5 cm³/mol. The van der Waals surface area contributed by atoms with Crippen LogP contribution in [0.15, 0.2) is 24.3 Å². The van der Waals surface area contributed by atoms with Crippen LogP contribution in [0.3, 0.4) is 0 Å². The summed E-state index contributed by atoms with van der Waals surface area (Å²) in [7, 11) is -8.20. The Hall–Kier alpha value is -0.490. The second-order valence-electron chi connectivity index (χ2n) is 2.67. The lowest BCUT2D eigenvalue weighted by Crippen LogP contribution is -1.85. The van der Waals surface area contributed by atoms with Gasteiger partial charge in [0, 0.05) is 15.5 Å². The number of hydrogen-bond donors (Lipinski definition) is 5. The minimum atomic E-state index is -4.96. The first-order valence-electron chi connectivity index (χ1n) is 4.02. The Labute approximate surface area is 104 Å². The van der Waals surface area contributed by atoms with E-state index in [1.807, 2.05) is 0 Å². The molecule has 0 aliphatic heterocycles. The molecule has 0 saturated heterocycles. The molecule has 18 heavy (non-hydrogen) atoms. The van der Waals surface area contributed by atoms with Gasteiger partial charge in [-0.15, -0.1) is 0 Å². The Bertz CT molecular complexity index is 452. The molecule has 2 unspecified atom stereocenters. The van der Waals surface area contributed by atoms with E-state index in [-0.39, 0.29) is 11.5 Å². The van der Waals surface area contributed by atoms with Gasteiger partial charge in [0.05, 0.1) is 0 Å². The van der Waals surface area contributed by atoms with Gasteiger partial charge in [-0.25, -0.2) is 9.13 Å². The largest absolute Gasteiger partial charge is 0.508 e. The summed E-state index contributed by atoms with van der Waals surface area (Å²) in [4.78, 5) is 24.2. The van der Waals surface area contributed by atoms with Crippen LogP contribution in [0.2, 0.25) is 0 Å². The van der Waals surface area contributed by atoms with Crippen LogP contribution >= 0.6 is 25.1 Å². The van der Waals surface area contributed by atoms with Crippen molar-refractivity contribution in [3.63, 3.8) is 0 Å². The van der Waals surface area contributed by atoms with Crippen molar-refractivity contribution >= 4 is 25.1 Å². The summed E-state index contributed by atoms with van der Waals surface area (Å²) in [6.07, 6.45) is 0. The van der Waals surface area contributed by atoms with Crippen LogP contribution in [0.5, 0.6) is 11.5 Å². The number of phosphoric acid groups is 2. The molecule has 1 aromatic carbocycles. The molecule has 1 aromatic rings. The van der Waals surface area contributed by atoms with E-state index in [1.54, 1.807) is 6.07 Å². The average molecular weight is 320 g/mol. The second-order valence-corrected chi connectivity index (χ2v) is 6.08. The van der Waals surface area contributed by atoms with Crippen molar-refractivity contribution in [2.75, 3.05) is 0 Å². The fourth-order valence-electron chi connectivity index (χ4n) is 0.647. The van der Waals surface area contributed by atoms with Crippen molar-refractivity contribution in [2.24, 2.45) is 0 Å². The quantitative estimate of drug-likeness (QED) is 0.515. The molecule has 0 radical (unpaired) electrons. The summed E-state index contributed by atoms with van der Waals surface area (Å²) in [5.41, 5.74) is 0.